The van der Waals surface area contributed by atoms with E-state index in [0.717, 1.165) is 6.07 Å². The zero-order chi connectivity index (χ0) is 14.0. The molecule has 0 aliphatic carbocycles. The first-order valence-electron chi connectivity index (χ1n) is 5.35. The minimum atomic E-state index is -0.899. The number of aryl methyl sites for hydroxylation is 1. The van der Waals surface area contributed by atoms with E-state index in [1.54, 1.807) is 6.07 Å². The average molecular weight is 327 g/mol. The van der Waals surface area contributed by atoms with Gasteiger partial charge in [0.25, 0.3) is 5.91 Å². The van der Waals surface area contributed by atoms with Crippen molar-refractivity contribution in [1.82, 2.24) is 4.98 Å². The number of nitrogens with zero attached hydrogens (tertiary/aromatic N) is 1. The van der Waals surface area contributed by atoms with Gasteiger partial charge in [-0.2, -0.15) is 0 Å². The third-order valence-corrected chi connectivity index (χ3v) is 2.91. The van der Waals surface area contributed by atoms with Crippen LogP contribution in [0.3, 0.4) is 0 Å². The number of hydrogen-bond donors (Lipinski definition) is 1. The number of halogens is 3. The molecule has 0 atom stereocenters. The molecule has 0 unspecified atom stereocenters. The Balaban J connectivity index is 2.33. The summed E-state index contributed by atoms with van der Waals surface area (Å²) in [5.74, 6) is -2.61. The van der Waals surface area contributed by atoms with E-state index in [1.165, 1.54) is 25.4 Å². The maximum atomic E-state index is 13.8. The Morgan fingerprint density at radius 3 is 2.74 bits per heavy atom. The highest BCUT2D eigenvalue weighted by Gasteiger charge is 2.19. The number of nitrogens with one attached hydrogen (secondary N) is 1. The van der Waals surface area contributed by atoms with Crippen molar-refractivity contribution in [3.63, 3.8) is 0 Å². The number of anilines is 1. The van der Waals surface area contributed by atoms with Gasteiger partial charge in [-0.3, -0.25) is 9.78 Å². The molecule has 0 radical (unpaired) electrons. The third-order valence-electron chi connectivity index (χ3n) is 2.47. The second-order valence-corrected chi connectivity index (χ2v) is 4.81. The van der Waals surface area contributed by atoms with Crippen LogP contribution in [-0.2, 0) is 0 Å². The predicted molar refractivity (Wildman–Crippen MR) is 71.0 cm³/mol. The molecule has 2 aromatic rings. The lowest BCUT2D eigenvalue weighted by atomic mass is 10.1. The van der Waals surface area contributed by atoms with Crippen LogP contribution in [-0.4, -0.2) is 10.9 Å². The van der Waals surface area contributed by atoms with Crippen LogP contribution in [0.25, 0.3) is 0 Å². The number of rotatable bonds is 2. The van der Waals surface area contributed by atoms with E-state index in [0.29, 0.717) is 10.2 Å². The van der Waals surface area contributed by atoms with Crippen LogP contribution >= 0.6 is 15.9 Å². The SMILES string of the molecule is Cc1ccc(F)c(C(=O)Nc2cncc(Br)c2)c1F. The van der Waals surface area contributed by atoms with Crippen molar-refractivity contribution >= 4 is 27.5 Å². The maximum Gasteiger partial charge on any atom is 0.261 e. The molecule has 1 aromatic heterocycles. The fraction of sp³-hybridized carbons (Fsp3) is 0.0769. The summed E-state index contributed by atoms with van der Waals surface area (Å²) in [6, 6.07) is 3.92. The van der Waals surface area contributed by atoms with Crippen LogP contribution in [0.4, 0.5) is 14.5 Å². The van der Waals surface area contributed by atoms with Crippen LogP contribution in [0, 0.1) is 18.6 Å². The van der Waals surface area contributed by atoms with Gasteiger partial charge in [0.15, 0.2) is 0 Å². The minimum absolute atomic E-state index is 0.207. The Morgan fingerprint density at radius 2 is 2.05 bits per heavy atom. The first kappa shape index (κ1) is 13.6. The molecule has 1 aromatic carbocycles. The molecule has 0 spiro atoms. The lowest BCUT2D eigenvalue weighted by Crippen LogP contribution is -2.16. The summed E-state index contributed by atoms with van der Waals surface area (Å²) < 4.78 is 28.0. The van der Waals surface area contributed by atoms with Gasteiger partial charge in [-0.25, -0.2) is 8.78 Å². The van der Waals surface area contributed by atoms with E-state index in [1.807, 2.05) is 0 Å². The summed E-state index contributed by atoms with van der Waals surface area (Å²) in [7, 11) is 0. The number of benzene rings is 1. The molecular weight excluding hydrogens is 318 g/mol. The summed E-state index contributed by atoms with van der Waals surface area (Å²) in [4.78, 5) is 15.7. The average Bonchev–Trinajstić information content (AvgIpc) is 2.34. The summed E-state index contributed by atoms with van der Waals surface area (Å²) in [6.07, 6.45) is 2.91. The molecule has 2 rings (SSSR count). The van der Waals surface area contributed by atoms with Gasteiger partial charge in [-0.05, 0) is 40.5 Å². The second-order valence-electron chi connectivity index (χ2n) is 3.90. The van der Waals surface area contributed by atoms with Crippen molar-refractivity contribution in [2.24, 2.45) is 0 Å². The second kappa shape index (κ2) is 5.44. The molecular formula is C13H9BrF2N2O. The van der Waals surface area contributed by atoms with Crippen LogP contribution < -0.4 is 5.32 Å². The van der Waals surface area contributed by atoms with Gasteiger partial charge in [-0.1, -0.05) is 6.07 Å². The van der Waals surface area contributed by atoms with Crippen LogP contribution in [0.5, 0.6) is 0 Å². The number of amides is 1. The van der Waals surface area contributed by atoms with E-state index in [9.17, 15) is 13.6 Å². The topological polar surface area (TPSA) is 42.0 Å². The van der Waals surface area contributed by atoms with Crippen LogP contribution in [0.2, 0.25) is 0 Å². The number of carbonyl (C=O) groups is 1. The zero-order valence-electron chi connectivity index (χ0n) is 9.88. The highest BCUT2D eigenvalue weighted by atomic mass is 79.9. The van der Waals surface area contributed by atoms with E-state index in [-0.39, 0.29) is 5.56 Å². The smallest absolute Gasteiger partial charge is 0.261 e. The Hall–Kier alpha value is -1.82. The number of carbonyl (C=O) groups excluding carboxylic acids is 1. The Kier molecular flexibility index (Phi) is 3.90. The highest BCUT2D eigenvalue weighted by Crippen LogP contribution is 2.19. The molecule has 1 heterocycles. The first-order valence-corrected chi connectivity index (χ1v) is 6.15. The fourth-order valence-electron chi connectivity index (χ4n) is 1.54. The largest absolute Gasteiger partial charge is 0.320 e. The van der Waals surface area contributed by atoms with Crippen molar-refractivity contribution in [2.75, 3.05) is 5.32 Å². The molecule has 0 saturated heterocycles. The molecule has 0 bridgehead atoms. The molecule has 1 N–H and O–H groups in total. The number of hydrogen-bond acceptors (Lipinski definition) is 2. The molecule has 3 nitrogen and oxygen atoms in total. The van der Waals surface area contributed by atoms with Gasteiger partial charge >= 0.3 is 0 Å². The summed E-state index contributed by atoms with van der Waals surface area (Å²) in [6.45, 7) is 1.46. The van der Waals surface area contributed by atoms with E-state index in [4.69, 9.17) is 0 Å². The predicted octanol–water partition coefficient (Wildman–Crippen LogP) is 3.68. The Labute approximate surface area is 116 Å². The fourth-order valence-corrected chi connectivity index (χ4v) is 1.90. The molecule has 6 heteroatoms. The van der Waals surface area contributed by atoms with Gasteiger partial charge in [0, 0.05) is 10.7 Å². The van der Waals surface area contributed by atoms with Crippen molar-refractivity contribution in [1.29, 1.82) is 0 Å². The Morgan fingerprint density at radius 1 is 1.32 bits per heavy atom. The normalized spacial score (nSPS) is 10.3. The van der Waals surface area contributed by atoms with E-state index in [2.05, 4.69) is 26.2 Å². The lowest BCUT2D eigenvalue weighted by molar-refractivity contribution is 0.101. The molecule has 0 fully saturated rings. The van der Waals surface area contributed by atoms with Gasteiger partial charge in [0.1, 0.15) is 17.2 Å². The molecule has 1 amide bonds. The molecule has 0 aliphatic heterocycles. The third kappa shape index (κ3) is 2.96. The summed E-state index contributed by atoms with van der Waals surface area (Å²) in [5, 5.41) is 2.40. The summed E-state index contributed by atoms with van der Waals surface area (Å²) >= 11 is 3.19. The molecule has 0 saturated carbocycles. The number of pyridine rings is 1. The van der Waals surface area contributed by atoms with Crippen molar-refractivity contribution in [3.8, 4) is 0 Å². The van der Waals surface area contributed by atoms with E-state index >= 15 is 0 Å². The maximum absolute atomic E-state index is 13.8. The lowest BCUT2D eigenvalue weighted by Gasteiger charge is -2.08. The standard InChI is InChI=1S/C13H9BrF2N2O/c1-7-2-3-10(15)11(12(7)16)13(19)18-9-4-8(14)5-17-6-9/h2-6H,1H3,(H,18,19). The van der Waals surface area contributed by atoms with Crippen molar-refractivity contribution in [3.05, 3.63) is 57.8 Å². The zero-order valence-corrected chi connectivity index (χ0v) is 11.5. The van der Waals surface area contributed by atoms with Gasteiger partial charge in [0.05, 0.1) is 11.9 Å². The highest BCUT2D eigenvalue weighted by molar-refractivity contribution is 9.10. The molecule has 0 aliphatic rings. The minimum Gasteiger partial charge on any atom is -0.320 e. The van der Waals surface area contributed by atoms with Crippen molar-refractivity contribution in [2.45, 2.75) is 6.92 Å². The van der Waals surface area contributed by atoms with Crippen molar-refractivity contribution < 1.29 is 13.6 Å². The quantitative estimate of drug-likeness (QED) is 0.914. The van der Waals surface area contributed by atoms with Gasteiger partial charge in [0.2, 0.25) is 0 Å². The molecule has 98 valence electrons. The molecule has 19 heavy (non-hydrogen) atoms. The van der Waals surface area contributed by atoms with E-state index < -0.39 is 23.1 Å². The van der Waals surface area contributed by atoms with Crippen LogP contribution in [0.15, 0.2) is 35.1 Å². The Bertz CT molecular complexity index is 647. The van der Waals surface area contributed by atoms with Gasteiger partial charge < -0.3 is 5.32 Å². The summed E-state index contributed by atoms with van der Waals surface area (Å²) in [5.41, 5.74) is -0.0430. The van der Waals surface area contributed by atoms with Gasteiger partial charge in [-0.15, -0.1) is 0 Å². The monoisotopic (exact) mass is 326 g/mol. The van der Waals surface area contributed by atoms with Crippen LogP contribution in [0.1, 0.15) is 15.9 Å². The first-order chi connectivity index (χ1) is 8.99. The number of aromatic nitrogens is 1.